The Morgan fingerprint density at radius 3 is 2.66 bits per heavy atom. The normalized spacial score (nSPS) is 17.5. The summed E-state index contributed by atoms with van der Waals surface area (Å²) in [5.74, 6) is -0.623. The molecule has 0 radical (unpaired) electrons. The number of anilines is 1. The quantitative estimate of drug-likeness (QED) is 0.665. The van der Waals surface area contributed by atoms with E-state index in [9.17, 15) is 18.3 Å². The second-order valence-electron chi connectivity index (χ2n) is 6.48. The van der Waals surface area contributed by atoms with Crippen LogP contribution in [0.2, 0.25) is 0 Å². The average molecular weight is 436 g/mol. The summed E-state index contributed by atoms with van der Waals surface area (Å²) in [7, 11) is -0.796. The molecule has 11 heteroatoms. The van der Waals surface area contributed by atoms with Crippen LogP contribution < -0.4 is 10.0 Å². The van der Waals surface area contributed by atoms with Crippen molar-refractivity contribution in [1.82, 2.24) is 9.62 Å². The lowest BCUT2D eigenvalue weighted by Crippen LogP contribution is -2.31. The number of amides is 1. The number of thiophene rings is 1. The van der Waals surface area contributed by atoms with Crippen molar-refractivity contribution in [2.75, 3.05) is 19.4 Å². The van der Waals surface area contributed by atoms with Gasteiger partial charge in [0.05, 0.1) is 11.7 Å². The number of aliphatic imine (C=N–C) groups is 1. The lowest BCUT2D eigenvalue weighted by Gasteiger charge is -2.13. The molecule has 9 nitrogen and oxygen atoms in total. The first-order chi connectivity index (χ1) is 13.7. The fourth-order valence-corrected chi connectivity index (χ4v) is 4.40. The van der Waals surface area contributed by atoms with Crippen molar-refractivity contribution in [2.45, 2.75) is 19.4 Å². The van der Waals surface area contributed by atoms with Crippen LogP contribution in [0.3, 0.4) is 0 Å². The van der Waals surface area contributed by atoms with Gasteiger partial charge in [0.2, 0.25) is 0 Å². The predicted octanol–water partition coefficient (Wildman–Crippen LogP) is 2.36. The van der Waals surface area contributed by atoms with Gasteiger partial charge in [-0.2, -0.15) is 8.42 Å². The number of aromatic hydroxyl groups is 1. The molecule has 0 spiro atoms. The van der Waals surface area contributed by atoms with Crippen molar-refractivity contribution in [3.63, 3.8) is 0 Å². The monoisotopic (exact) mass is 435 g/mol. The first-order valence-electron chi connectivity index (χ1n) is 8.76. The van der Waals surface area contributed by atoms with Crippen molar-refractivity contribution < 1.29 is 18.3 Å². The van der Waals surface area contributed by atoms with Gasteiger partial charge in [-0.05, 0) is 12.0 Å². The van der Waals surface area contributed by atoms with E-state index in [0.717, 1.165) is 16.9 Å². The van der Waals surface area contributed by atoms with Crippen molar-refractivity contribution in [1.29, 1.82) is 0 Å². The second kappa shape index (κ2) is 8.21. The topological polar surface area (TPSA) is 123 Å². The zero-order valence-corrected chi connectivity index (χ0v) is 17.7. The van der Waals surface area contributed by atoms with Crippen LogP contribution in [0, 0.1) is 0 Å². The van der Waals surface area contributed by atoms with Crippen LogP contribution in [0.5, 0.6) is 5.75 Å². The van der Waals surface area contributed by atoms with E-state index in [2.05, 4.69) is 19.4 Å². The van der Waals surface area contributed by atoms with Gasteiger partial charge in [-0.1, -0.05) is 37.3 Å². The van der Waals surface area contributed by atoms with E-state index in [1.54, 1.807) is 14.1 Å². The van der Waals surface area contributed by atoms with E-state index < -0.39 is 10.2 Å². The number of nitrogens with one attached hydrogen (secondary N) is 2. The molecule has 0 aliphatic carbocycles. The Morgan fingerprint density at radius 2 is 2.03 bits per heavy atom. The van der Waals surface area contributed by atoms with Crippen LogP contribution in [0.1, 0.15) is 34.6 Å². The summed E-state index contributed by atoms with van der Waals surface area (Å²) in [6.07, 6.45) is 0.647. The highest BCUT2D eigenvalue weighted by atomic mass is 32.2. The molecule has 1 unspecified atom stereocenters. The lowest BCUT2D eigenvalue weighted by atomic mass is 10.1. The van der Waals surface area contributed by atoms with Gasteiger partial charge in [-0.3, -0.25) is 9.79 Å². The van der Waals surface area contributed by atoms with Crippen LogP contribution in [0.4, 0.5) is 5.69 Å². The van der Waals surface area contributed by atoms with Crippen LogP contribution >= 0.6 is 11.3 Å². The first kappa shape index (κ1) is 20.8. The smallest absolute Gasteiger partial charge is 0.345 e. The largest absolute Gasteiger partial charge is 0.504 e. The average Bonchev–Trinajstić information content (AvgIpc) is 3.18. The molecular formula is C18H21N5O4S2. The zero-order chi connectivity index (χ0) is 21.2. The first-order valence-corrected chi connectivity index (χ1v) is 11.1. The summed E-state index contributed by atoms with van der Waals surface area (Å²) in [6, 6.07) is 9.21. The highest BCUT2D eigenvalue weighted by Crippen LogP contribution is 2.35. The van der Waals surface area contributed by atoms with Crippen molar-refractivity contribution in [3.8, 4) is 5.75 Å². The fraction of sp³-hybridized carbons (Fsp3) is 0.278. The third-order valence-electron chi connectivity index (χ3n) is 4.14. The van der Waals surface area contributed by atoms with Gasteiger partial charge in [-0.15, -0.1) is 15.7 Å². The Labute approximate surface area is 173 Å². The molecule has 3 N–H and O–H groups in total. The van der Waals surface area contributed by atoms with Gasteiger partial charge in [0.15, 0.2) is 17.4 Å². The third kappa shape index (κ3) is 4.57. The van der Waals surface area contributed by atoms with Crippen LogP contribution in [0.15, 0.2) is 45.1 Å². The molecular weight excluding hydrogens is 414 g/mol. The molecule has 1 aliphatic rings. The lowest BCUT2D eigenvalue weighted by molar-refractivity contribution is 0.0829. The van der Waals surface area contributed by atoms with E-state index in [1.807, 2.05) is 37.3 Å². The number of rotatable bonds is 5. The highest BCUT2D eigenvalue weighted by Gasteiger charge is 2.29. The molecule has 154 valence electrons. The Balaban J connectivity index is 1.92. The van der Waals surface area contributed by atoms with E-state index in [-0.39, 0.29) is 39.9 Å². The number of carbonyl (C=O) groups excluding carboxylic acids is 1. The van der Waals surface area contributed by atoms with Crippen LogP contribution in [0.25, 0.3) is 0 Å². The Morgan fingerprint density at radius 1 is 1.34 bits per heavy atom. The predicted molar refractivity (Wildman–Crippen MR) is 114 cm³/mol. The molecule has 0 saturated carbocycles. The summed E-state index contributed by atoms with van der Waals surface area (Å²) in [5.41, 5.74) is 1.11. The van der Waals surface area contributed by atoms with E-state index in [1.165, 1.54) is 10.3 Å². The van der Waals surface area contributed by atoms with Gasteiger partial charge in [0, 0.05) is 19.5 Å². The summed E-state index contributed by atoms with van der Waals surface area (Å²) >= 11 is 1.04. The highest BCUT2D eigenvalue weighted by molar-refractivity contribution is 7.89. The molecule has 1 aliphatic heterocycles. The minimum absolute atomic E-state index is 0.0451. The standard InChI is InChI=1S/C18H21N5O4S2/c1-4-12(11-8-6-5-7-9-11)19-16-17(22-29(26,27)21-16)20-13-10-28-15(14(13)24)18(25)23(2)3/h5-10,12,24H,4H2,1-3H3,(H,19,21)(H,20,22). The molecule has 1 aromatic heterocycles. The molecule has 1 aromatic carbocycles. The minimum atomic E-state index is -3.95. The van der Waals surface area contributed by atoms with Crippen LogP contribution in [-0.4, -0.2) is 50.1 Å². The molecule has 1 atom stereocenters. The van der Waals surface area contributed by atoms with Gasteiger partial charge >= 0.3 is 10.2 Å². The molecule has 1 amide bonds. The van der Waals surface area contributed by atoms with Crippen molar-refractivity contribution in [2.24, 2.45) is 9.39 Å². The van der Waals surface area contributed by atoms with Crippen molar-refractivity contribution >= 4 is 44.8 Å². The molecule has 0 saturated heterocycles. The number of benzene rings is 1. The number of nitrogens with zero attached hydrogens (tertiary/aromatic N) is 3. The molecule has 2 aromatic rings. The number of amidine groups is 2. The summed E-state index contributed by atoms with van der Waals surface area (Å²) < 4.78 is 29.9. The molecule has 3 rings (SSSR count). The molecule has 29 heavy (non-hydrogen) atoms. The fourth-order valence-electron chi connectivity index (χ4n) is 2.68. The molecule has 0 bridgehead atoms. The third-order valence-corrected chi connectivity index (χ3v) is 5.97. The van der Waals surface area contributed by atoms with Gasteiger partial charge in [0.1, 0.15) is 4.88 Å². The SMILES string of the molecule is CCC(N=C1NS(=O)(=O)N=C1Nc1csc(C(=O)N(C)C)c1O)c1ccccc1. The molecule has 2 heterocycles. The van der Waals surface area contributed by atoms with E-state index in [4.69, 9.17) is 0 Å². The van der Waals surface area contributed by atoms with E-state index >= 15 is 0 Å². The zero-order valence-electron chi connectivity index (χ0n) is 16.1. The van der Waals surface area contributed by atoms with Gasteiger partial charge in [0.25, 0.3) is 5.91 Å². The maximum atomic E-state index is 12.1. The minimum Gasteiger partial charge on any atom is -0.504 e. The summed E-state index contributed by atoms with van der Waals surface area (Å²) in [4.78, 5) is 18.1. The van der Waals surface area contributed by atoms with Crippen molar-refractivity contribution in [3.05, 3.63) is 46.2 Å². The van der Waals surface area contributed by atoms with E-state index in [0.29, 0.717) is 6.42 Å². The summed E-state index contributed by atoms with van der Waals surface area (Å²) in [5, 5.41) is 14.7. The number of hydrogen-bond acceptors (Lipinski definition) is 7. The number of hydrogen-bond donors (Lipinski definition) is 3. The second-order valence-corrected chi connectivity index (χ2v) is 8.70. The Hall–Kier alpha value is -2.92. The maximum Gasteiger partial charge on any atom is 0.345 e. The van der Waals surface area contributed by atoms with Gasteiger partial charge < -0.3 is 15.3 Å². The summed E-state index contributed by atoms with van der Waals surface area (Å²) in [6.45, 7) is 1.94. The Bertz CT molecular complexity index is 1070. The number of carbonyl (C=O) groups is 1. The van der Waals surface area contributed by atoms with Gasteiger partial charge in [-0.25, -0.2) is 4.72 Å². The molecule has 0 fully saturated rings. The Kier molecular flexibility index (Phi) is 5.89. The maximum absolute atomic E-state index is 12.1. The van der Waals surface area contributed by atoms with Crippen LogP contribution in [-0.2, 0) is 10.2 Å².